The van der Waals surface area contributed by atoms with Gasteiger partial charge in [0.15, 0.2) is 11.5 Å². The highest BCUT2D eigenvalue weighted by molar-refractivity contribution is 5.47. The van der Waals surface area contributed by atoms with Crippen LogP contribution in [0.25, 0.3) is 0 Å². The molecular weight excluding hydrogens is 238 g/mol. The number of ether oxygens (including phenoxy) is 2. The fourth-order valence-electron chi connectivity index (χ4n) is 2.85. The topological polar surface area (TPSA) is 42.2 Å². The minimum atomic E-state index is -0.355. The van der Waals surface area contributed by atoms with Crippen LogP contribution in [0.5, 0.6) is 11.5 Å². The third-order valence-corrected chi connectivity index (χ3v) is 4.28. The molecule has 19 heavy (non-hydrogen) atoms. The molecule has 1 aliphatic rings. The van der Waals surface area contributed by atoms with Crippen molar-refractivity contribution in [3.63, 3.8) is 0 Å². The molecule has 3 heteroatoms. The summed E-state index contributed by atoms with van der Waals surface area (Å²) in [4.78, 5) is 0. The second-order valence-corrected chi connectivity index (χ2v) is 5.45. The van der Waals surface area contributed by atoms with Gasteiger partial charge in [-0.3, -0.25) is 0 Å². The molecule has 0 atom stereocenters. The van der Waals surface area contributed by atoms with Crippen molar-refractivity contribution < 1.29 is 9.47 Å². The highest BCUT2D eigenvalue weighted by Crippen LogP contribution is 2.43. The van der Waals surface area contributed by atoms with Crippen LogP contribution in [0.15, 0.2) is 18.2 Å². The van der Waals surface area contributed by atoms with Crippen molar-refractivity contribution in [2.75, 3.05) is 14.2 Å². The van der Waals surface area contributed by atoms with Crippen molar-refractivity contribution >= 4 is 0 Å². The summed E-state index contributed by atoms with van der Waals surface area (Å²) in [5.74, 6) is 2.14. The van der Waals surface area contributed by atoms with Crippen LogP contribution in [0.4, 0.5) is 0 Å². The molecule has 1 aromatic rings. The summed E-state index contributed by atoms with van der Waals surface area (Å²) in [5.41, 5.74) is 0.700. The average Bonchev–Trinajstić information content (AvgIpc) is 2.47. The lowest BCUT2D eigenvalue weighted by Gasteiger charge is -2.34. The highest BCUT2D eigenvalue weighted by Gasteiger charge is 2.36. The summed E-state index contributed by atoms with van der Waals surface area (Å²) in [6, 6.07) is 8.40. The van der Waals surface area contributed by atoms with Crippen molar-refractivity contribution in [2.45, 2.75) is 38.0 Å². The Hall–Kier alpha value is -1.69. The van der Waals surface area contributed by atoms with Gasteiger partial charge < -0.3 is 9.47 Å². The first-order valence-corrected chi connectivity index (χ1v) is 6.79. The van der Waals surface area contributed by atoms with Gasteiger partial charge >= 0.3 is 0 Å². The van der Waals surface area contributed by atoms with E-state index in [1.807, 2.05) is 18.2 Å². The molecule has 0 spiro atoms. The SMILES string of the molecule is COc1ccc(C2(C#N)CCC(C)CC2)cc1OC. The van der Waals surface area contributed by atoms with E-state index in [0.717, 1.165) is 37.2 Å². The maximum absolute atomic E-state index is 9.65. The molecule has 102 valence electrons. The highest BCUT2D eigenvalue weighted by atomic mass is 16.5. The Bertz CT molecular complexity index is 482. The standard InChI is InChI=1S/C16H21NO2/c1-12-6-8-16(11-17,9-7-12)13-4-5-14(18-2)15(10-13)19-3/h4-5,10,12H,6-9H2,1-3H3. The minimum Gasteiger partial charge on any atom is -0.493 e. The van der Waals surface area contributed by atoms with Crippen LogP contribution in [0, 0.1) is 17.2 Å². The first-order valence-electron chi connectivity index (χ1n) is 6.79. The number of hydrogen-bond acceptors (Lipinski definition) is 3. The number of hydrogen-bond donors (Lipinski definition) is 0. The number of nitriles is 1. The maximum Gasteiger partial charge on any atom is 0.161 e. The molecule has 0 unspecified atom stereocenters. The molecule has 0 aromatic heterocycles. The van der Waals surface area contributed by atoms with E-state index in [2.05, 4.69) is 13.0 Å². The quantitative estimate of drug-likeness (QED) is 0.831. The second-order valence-electron chi connectivity index (χ2n) is 5.45. The third kappa shape index (κ3) is 2.53. The summed E-state index contributed by atoms with van der Waals surface area (Å²) >= 11 is 0. The minimum absolute atomic E-state index is 0.355. The Morgan fingerprint density at radius 2 is 1.79 bits per heavy atom. The van der Waals surface area contributed by atoms with Gasteiger partial charge in [0.25, 0.3) is 0 Å². The van der Waals surface area contributed by atoms with Gasteiger partial charge in [-0.05, 0) is 49.3 Å². The lowest BCUT2D eigenvalue weighted by molar-refractivity contribution is 0.292. The molecule has 0 amide bonds. The van der Waals surface area contributed by atoms with Crippen LogP contribution >= 0.6 is 0 Å². The summed E-state index contributed by atoms with van der Waals surface area (Å²) < 4.78 is 10.6. The van der Waals surface area contributed by atoms with Gasteiger partial charge in [0.1, 0.15) is 0 Å². The lowest BCUT2D eigenvalue weighted by atomic mass is 9.68. The number of nitrogens with zero attached hydrogens (tertiary/aromatic N) is 1. The molecule has 1 aromatic carbocycles. The summed E-state index contributed by atoms with van der Waals surface area (Å²) in [7, 11) is 3.25. The molecule has 2 rings (SSSR count). The molecule has 1 fully saturated rings. The zero-order valence-corrected chi connectivity index (χ0v) is 11.9. The van der Waals surface area contributed by atoms with E-state index in [1.54, 1.807) is 14.2 Å². The first-order chi connectivity index (χ1) is 9.15. The number of benzene rings is 1. The third-order valence-electron chi connectivity index (χ3n) is 4.28. The molecule has 3 nitrogen and oxygen atoms in total. The summed E-state index contributed by atoms with van der Waals surface area (Å²) in [6.45, 7) is 2.26. The molecular formula is C16H21NO2. The average molecular weight is 259 g/mol. The van der Waals surface area contributed by atoms with Gasteiger partial charge in [0.05, 0.1) is 25.7 Å². The fraction of sp³-hybridized carbons (Fsp3) is 0.562. The van der Waals surface area contributed by atoms with Crippen LogP contribution in [0.1, 0.15) is 38.2 Å². The summed E-state index contributed by atoms with van der Waals surface area (Å²) in [5, 5.41) is 9.65. The monoisotopic (exact) mass is 259 g/mol. The predicted octanol–water partition coefficient (Wildman–Crippen LogP) is 3.68. The van der Waals surface area contributed by atoms with E-state index < -0.39 is 0 Å². The van der Waals surface area contributed by atoms with Crippen LogP contribution in [-0.4, -0.2) is 14.2 Å². The van der Waals surface area contributed by atoms with E-state index in [9.17, 15) is 5.26 Å². The van der Waals surface area contributed by atoms with Gasteiger partial charge in [0, 0.05) is 0 Å². The molecule has 1 saturated carbocycles. The molecule has 0 N–H and O–H groups in total. The van der Waals surface area contributed by atoms with Crippen molar-refractivity contribution in [3.05, 3.63) is 23.8 Å². The van der Waals surface area contributed by atoms with Crippen molar-refractivity contribution in [1.29, 1.82) is 5.26 Å². The molecule has 0 bridgehead atoms. The molecule has 0 heterocycles. The lowest BCUT2D eigenvalue weighted by Crippen LogP contribution is -2.29. The van der Waals surface area contributed by atoms with E-state index in [4.69, 9.17) is 9.47 Å². The Morgan fingerprint density at radius 3 is 2.32 bits per heavy atom. The first kappa shape index (κ1) is 13.7. The van der Waals surface area contributed by atoms with Crippen LogP contribution in [-0.2, 0) is 5.41 Å². The molecule has 1 aliphatic carbocycles. The normalized spacial score (nSPS) is 26.5. The van der Waals surface area contributed by atoms with Crippen molar-refractivity contribution in [1.82, 2.24) is 0 Å². The van der Waals surface area contributed by atoms with Gasteiger partial charge in [-0.1, -0.05) is 13.0 Å². The van der Waals surface area contributed by atoms with E-state index in [0.29, 0.717) is 11.5 Å². The zero-order valence-electron chi connectivity index (χ0n) is 11.9. The van der Waals surface area contributed by atoms with Gasteiger partial charge in [-0.25, -0.2) is 0 Å². The Labute approximate surface area is 115 Å². The zero-order chi connectivity index (χ0) is 13.9. The van der Waals surface area contributed by atoms with Crippen molar-refractivity contribution in [3.8, 4) is 17.6 Å². The summed E-state index contributed by atoms with van der Waals surface area (Å²) in [6.07, 6.45) is 4.09. The van der Waals surface area contributed by atoms with Crippen molar-refractivity contribution in [2.24, 2.45) is 5.92 Å². The smallest absolute Gasteiger partial charge is 0.161 e. The Morgan fingerprint density at radius 1 is 1.16 bits per heavy atom. The van der Waals surface area contributed by atoms with E-state index in [-0.39, 0.29) is 5.41 Å². The van der Waals surface area contributed by atoms with E-state index >= 15 is 0 Å². The fourth-order valence-corrected chi connectivity index (χ4v) is 2.85. The maximum atomic E-state index is 9.65. The molecule has 0 radical (unpaired) electrons. The number of methoxy groups -OCH3 is 2. The Balaban J connectivity index is 2.37. The largest absolute Gasteiger partial charge is 0.493 e. The predicted molar refractivity (Wildman–Crippen MR) is 74.5 cm³/mol. The molecule has 0 aliphatic heterocycles. The van der Waals surface area contributed by atoms with Crippen LogP contribution in [0.3, 0.4) is 0 Å². The second kappa shape index (κ2) is 5.52. The van der Waals surface area contributed by atoms with Gasteiger partial charge in [-0.2, -0.15) is 5.26 Å². The van der Waals surface area contributed by atoms with E-state index in [1.165, 1.54) is 0 Å². The van der Waals surface area contributed by atoms with Gasteiger partial charge in [-0.15, -0.1) is 0 Å². The van der Waals surface area contributed by atoms with Gasteiger partial charge in [0.2, 0.25) is 0 Å². The van der Waals surface area contributed by atoms with Crippen LogP contribution < -0.4 is 9.47 Å². The molecule has 0 saturated heterocycles. The number of rotatable bonds is 3. The van der Waals surface area contributed by atoms with Crippen LogP contribution in [0.2, 0.25) is 0 Å². The Kier molecular flexibility index (Phi) is 3.99.